The summed E-state index contributed by atoms with van der Waals surface area (Å²) in [5.41, 5.74) is 1.21. The van der Waals surface area contributed by atoms with Crippen molar-refractivity contribution in [1.82, 2.24) is 10.3 Å². The molecule has 0 bridgehead atoms. The fourth-order valence-electron chi connectivity index (χ4n) is 2.10. The lowest BCUT2D eigenvalue weighted by Gasteiger charge is -2.19. The maximum absolute atomic E-state index is 13.9. The highest BCUT2D eigenvalue weighted by Gasteiger charge is 2.19. The van der Waals surface area contributed by atoms with E-state index in [1.165, 1.54) is 6.07 Å². The number of pyridine rings is 1. The lowest BCUT2D eigenvalue weighted by atomic mass is 10.0. The zero-order valence-corrected chi connectivity index (χ0v) is 12.1. The quantitative estimate of drug-likeness (QED) is 0.918. The standard InChI is InChI=1S/C15H16ClFN2O/c1-18-13(15-14(20-2)7-4-8-19-15)9-10-11(16)5-3-6-12(10)17/h3-8,13,18H,9H2,1-2H3. The minimum Gasteiger partial charge on any atom is -0.495 e. The molecule has 0 spiro atoms. The van der Waals surface area contributed by atoms with E-state index in [4.69, 9.17) is 16.3 Å². The van der Waals surface area contributed by atoms with Crippen LogP contribution in [0.4, 0.5) is 4.39 Å². The molecule has 5 heteroatoms. The van der Waals surface area contributed by atoms with Crippen LogP contribution in [0.1, 0.15) is 17.3 Å². The smallest absolute Gasteiger partial charge is 0.141 e. The van der Waals surface area contributed by atoms with Gasteiger partial charge in [-0.15, -0.1) is 0 Å². The van der Waals surface area contributed by atoms with Gasteiger partial charge in [-0.25, -0.2) is 4.39 Å². The highest BCUT2D eigenvalue weighted by Crippen LogP contribution is 2.28. The topological polar surface area (TPSA) is 34.2 Å². The molecule has 0 saturated heterocycles. The Balaban J connectivity index is 2.34. The van der Waals surface area contributed by atoms with Crippen LogP contribution in [0.5, 0.6) is 5.75 Å². The van der Waals surface area contributed by atoms with Crippen molar-refractivity contribution in [3.8, 4) is 5.75 Å². The van der Waals surface area contributed by atoms with Gasteiger partial charge in [0.15, 0.2) is 0 Å². The third kappa shape index (κ3) is 3.08. The number of ether oxygens (including phenoxy) is 1. The van der Waals surface area contributed by atoms with Gasteiger partial charge < -0.3 is 10.1 Å². The molecule has 3 nitrogen and oxygen atoms in total. The van der Waals surface area contributed by atoms with Gasteiger partial charge in [0.25, 0.3) is 0 Å². The van der Waals surface area contributed by atoms with Crippen molar-refractivity contribution in [2.75, 3.05) is 14.2 Å². The van der Waals surface area contributed by atoms with Gasteiger partial charge in [-0.05, 0) is 37.7 Å². The van der Waals surface area contributed by atoms with E-state index in [1.54, 1.807) is 38.6 Å². The predicted molar refractivity (Wildman–Crippen MR) is 77.7 cm³/mol. The van der Waals surface area contributed by atoms with Gasteiger partial charge in [0, 0.05) is 16.8 Å². The number of hydrogen-bond acceptors (Lipinski definition) is 3. The Morgan fingerprint density at radius 3 is 2.80 bits per heavy atom. The van der Waals surface area contributed by atoms with Crippen LogP contribution in [0.15, 0.2) is 36.5 Å². The Kier molecular flexibility index (Phi) is 4.93. The predicted octanol–water partition coefficient (Wildman–Crippen LogP) is 3.39. The lowest BCUT2D eigenvalue weighted by Crippen LogP contribution is -2.21. The molecule has 1 aromatic carbocycles. The molecular weight excluding hydrogens is 279 g/mol. The number of hydrogen-bond donors (Lipinski definition) is 1. The van der Waals surface area contributed by atoms with E-state index in [9.17, 15) is 4.39 Å². The third-order valence-electron chi connectivity index (χ3n) is 3.17. The van der Waals surface area contributed by atoms with Crippen LogP contribution in [0.25, 0.3) is 0 Å². The van der Waals surface area contributed by atoms with E-state index in [2.05, 4.69) is 10.3 Å². The number of rotatable bonds is 5. The maximum Gasteiger partial charge on any atom is 0.141 e. The number of nitrogens with one attached hydrogen (secondary N) is 1. The van der Waals surface area contributed by atoms with E-state index in [-0.39, 0.29) is 11.9 Å². The van der Waals surface area contributed by atoms with Gasteiger partial charge in [-0.3, -0.25) is 4.98 Å². The Hall–Kier alpha value is -1.65. The van der Waals surface area contributed by atoms with Gasteiger partial charge in [-0.2, -0.15) is 0 Å². The molecule has 0 radical (unpaired) electrons. The van der Waals surface area contributed by atoms with Crippen molar-refractivity contribution < 1.29 is 9.13 Å². The Morgan fingerprint density at radius 1 is 1.35 bits per heavy atom. The van der Waals surface area contributed by atoms with Crippen LogP contribution < -0.4 is 10.1 Å². The van der Waals surface area contributed by atoms with E-state index >= 15 is 0 Å². The fourth-order valence-corrected chi connectivity index (χ4v) is 2.34. The molecule has 0 aliphatic heterocycles. The van der Waals surface area contributed by atoms with Gasteiger partial charge in [0.05, 0.1) is 18.8 Å². The monoisotopic (exact) mass is 294 g/mol. The van der Waals surface area contributed by atoms with Crippen molar-refractivity contribution in [2.45, 2.75) is 12.5 Å². The van der Waals surface area contributed by atoms with Gasteiger partial charge in [-0.1, -0.05) is 17.7 Å². The van der Waals surface area contributed by atoms with Crippen LogP contribution in [0, 0.1) is 5.82 Å². The van der Waals surface area contributed by atoms with E-state index < -0.39 is 0 Å². The molecule has 0 amide bonds. The lowest BCUT2D eigenvalue weighted by molar-refractivity contribution is 0.396. The van der Waals surface area contributed by atoms with Crippen molar-refractivity contribution in [3.63, 3.8) is 0 Å². The molecule has 1 heterocycles. The van der Waals surface area contributed by atoms with Crippen LogP contribution >= 0.6 is 11.6 Å². The summed E-state index contributed by atoms with van der Waals surface area (Å²) in [7, 11) is 3.39. The highest BCUT2D eigenvalue weighted by atomic mass is 35.5. The van der Waals surface area contributed by atoms with Crippen LogP contribution in [0.2, 0.25) is 5.02 Å². The molecule has 0 fully saturated rings. The van der Waals surface area contributed by atoms with Crippen LogP contribution in [0.3, 0.4) is 0 Å². The van der Waals surface area contributed by atoms with E-state index in [0.717, 1.165) is 5.69 Å². The van der Waals surface area contributed by atoms with E-state index in [1.807, 2.05) is 6.07 Å². The average molecular weight is 295 g/mol. The molecular formula is C15H16ClFN2O. The third-order valence-corrected chi connectivity index (χ3v) is 3.52. The first-order valence-corrected chi connectivity index (χ1v) is 6.64. The number of likely N-dealkylation sites (N-methyl/N-ethyl adjacent to an activating group) is 1. The molecule has 0 aliphatic carbocycles. The average Bonchev–Trinajstić information content (AvgIpc) is 2.47. The van der Waals surface area contributed by atoms with E-state index in [0.29, 0.717) is 22.8 Å². The number of aromatic nitrogens is 1. The largest absolute Gasteiger partial charge is 0.495 e. The minimum absolute atomic E-state index is 0.180. The van der Waals surface area contributed by atoms with Crippen molar-refractivity contribution in [3.05, 3.63) is 58.6 Å². The van der Waals surface area contributed by atoms with Crippen molar-refractivity contribution in [1.29, 1.82) is 0 Å². The summed E-state index contributed by atoms with van der Waals surface area (Å²) in [6, 6.07) is 8.13. The molecule has 1 N–H and O–H groups in total. The summed E-state index contributed by atoms with van der Waals surface area (Å²) in [5, 5.41) is 3.54. The molecule has 106 valence electrons. The molecule has 0 aliphatic rings. The zero-order valence-electron chi connectivity index (χ0n) is 11.4. The number of methoxy groups -OCH3 is 1. The second-order valence-electron chi connectivity index (χ2n) is 4.34. The second kappa shape index (κ2) is 6.68. The summed E-state index contributed by atoms with van der Waals surface area (Å²) in [6.45, 7) is 0. The summed E-state index contributed by atoms with van der Waals surface area (Å²) >= 11 is 6.07. The first kappa shape index (κ1) is 14.8. The number of halogens is 2. The fraction of sp³-hybridized carbons (Fsp3) is 0.267. The highest BCUT2D eigenvalue weighted by molar-refractivity contribution is 6.31. The summed E-state index contributed by atoms with van der Waals surface area (Å²) in [6.07, 6.45) is 2.08. The molecule has 0 saturated carbocycles. The Labute approximate surface area is 122 Å². The second-order valence-corrected chi connectivity index (χ2v) is 4.74. The zero-order chi connectivity index (χ0) is 14.5. The van der Waals surface area contributed by atoms with Gasteiger partial charge >= 0.3 is 0 Å². The van der Waals surface area contributed by atoms with Gasteiger partial charge in [0.2, 0.25) is 0 Å². The van der Waals surface area contributed by atoms with Crippen LogP contribution in [-0.4, -0.2) is 19.1 Å². The molecule has 2 rings (SSSR count). The summed E-state index contributed by atoms with van der Waals surface area (Å²) < 4.78 is 19.2. The van der Waals surface area contributed by atoms with Crippen LogP contribution in [-0.2, 0) is 6.42 Å². The molecule has 1 aromatic heterocycles. The molecule has 1 unspecified atom stereocenters. The van der Waals surface area contributed by atoms with Crippen molar-refractivity contribution >= 4 is 11.6 Å². The Morgan fingerprint density at radius 2 is 2.15 bits per heavy atom. The molecule has 1 atom stereocenters. The number of benzene rings is 1. The molecule has 2 aromatic rings. The summed E-state index contributed by atoms with van der Waals surface area (Å²) in [5.74, 6) is 0.354. The SMILES string of the molecule is CNC(Cc1c(F)cccc1Cl)c1ncccc1OC. The normalized spacial score (nSPS) is 12.2. The van der Waals surface area contributed by atoms with Gasteiger partial charge in [0.1, 0.15) is 11.6 Å². The minimum atomic E-state index is -0.312. The first-order valence-electron chi connectivity index (χ1n) is 6.26. The summed E-state index contributed by atoms with van der Waals surface area (Å²) in [4.78, 5) is 4.32. The first-order chi connectivity index (χ1) is 9.67. The van der Waals surface area contributed by atoms with Crippen molar-refractivity contribution in [2.24, 2.45) is 0 Å². The maximum atomic E-state index is 13.9. The molecule has 20 heavy (non-hydrogen) atoms. The Bertz CT molecular complexity index is 572. The number of nitrogens with zero attached hydrogens (tertiary/aromatic N) is 1.